The predicted molar refractivity (Wildman–Crippen MR) is 72.6 cm³/mol. The first-order valence-electron chi connectivity index (χ1n) is 5.95. The van der Waals surface area contributed by atoms with Gasteiger partial charge in [0.25, 0.3) is 8.41 Å². The molecule has 0 aliphatic carbocycles. The minimum absolute atomic E-state index is 0.244. The Morgan fingerprint density at radius 1 is 1.06 bits per heavy atom. The van der Waals surface area contributed by atoms with Gasteiger partial charge in [-0.3, -0.25) is 0 Å². The van der Waals surface area contributed by atoms with Crippen LogP contribution in [0.15, 0.2) is 24.3 Å². The quantitative estimate of drug-likeness (QED) is 0.530. The van der Waals surface area contributed by atoms with E-state index < -0.39 is 8.41 Å². The van der Waals surface area contributed by atoms with E-state index in [1.54, 1.807) is 6.55 Å². The molecule has 1 unspecified atom stereocenters. The number of rotatable bonds is 2. The van der Waals surface area contributed by atoms with Crippen molar-refractivity contribution < 1.29 is 4.11 Å². The third kappa shape index (κ3) is 2.54. The maximum atomic E-state index is 14.8. The molecule has 0 N–H and O–H groups in total. The summed E-state index contributed by atoms with van der Waals surface area (Å²) in [5, 5.41) is 0.663. The molecule has 0 saturated carbocycles. The van der Waals surface area contributed by atoms with Gasteiger partial charge in [-0.2, -0.15) is 0 Å². The summed E-state index contributed by atoms with van der Waals surface area (Å²) in [6.07, 6.45) is 0. The van der Waals surface area contributed by atoms with Crippen LogP contribution >= 0.6 is 0 Å². The highest BCUT2D eigenvalue weighted by molar-refractivity contribution is 6.87. The summed E-state index contributed by atoms with van der Waals surface area (Å²) < 4.78 is 14.8. The Balaban J connectivity index is 3.07. The molecular formula is C14H23FSi. The normalized spacial score (nSPS) is 16.2. The highest BCUT2D eigenvalue weighted by atomic mass is 28.4. The summed E-state index contributed by atoms with van der Waals surface area (Å²) in [6, 6.07) is 8.09. The molecule has 0 bridgehead atoms. The Bertz CT molecular complexity index is 344. The van der Waals surface area contributed by atoms with Crippen LogP contribution in [0.3, 0.4) is 0 Å². The van der Waals surface area contributed by atoms with Gasteiger partial charge in [-0.05, 0) is 28.3 Å². The van der Waals surface area contributed by atoms with E-state index in [0.717, 1.165) is 5.19 Å². The third-order valence-corrected chi connectivity index (χ3v) is 7.76. The SMILES string of the molecule is CC(C)c1ccc([Si](C)(F)C(C)(C)C)cc1. The molecule has 0 heterocycles. The van der Waals surface area contributed by atoms with Crippen LogP contribution in [0.4, 0.5) is 4.11 Å². The maximum absolute atomic E-state index is 14.8. The molecule has 90 valence electrons. The first-order valence-corrected chi connectivity index (χ1v) is 8.33. The second-order valence-electron chi connectivity index (χ2n) is 6.03. The van der Waals surface area contributed by atoms with Crippen molar-refractivity contribution >= 4 is 13.6 Å². The topological polar surface area (TPSA) is 0 Å². The molecule has 1 aromatic carbocycles. The standard InChI is InChI=1S/C14H23FSi/c1-11(2)12-7-9-13(10-8-12)16(6,15)14(3,4)5/h7-11H,1-6H3. The Morgan fingerprint density at radius 3 is 1.81 bits per heavy atom. The van der Waals surface area contributed by atoms with Crippen molar-refractivity contribution in [2.75, 3.05) is 0 Å². The molecule has 0 aromatic heterocycles. The smallest absolute Gasteiger partial charge is 0.279 e. The molecule has 0 spiro atoms. The van der Waals surface area contributed by atoms with Gasteiger partial charge in [-0.15, -0.1) is 0 Å². The molecule has 0 saturated heterocycles. The van der Waals surface area contributed by atoms with Crippen molar-refractivity contribution in [2.45, 2.75) is 52.1 Å². The molecule has 1 aromatic rings. The first kappa shape index (κ1) is 13.4. The van der Waals surface area contributed by atoms with E-state index in [4.69, 9.17) is 0 Å². The lowest BCUT2D eigenvalue weighted by molar-refractivity contribution is 0.633. The van der Waals surface area contributed by atoms with Crippen LogP contribution in [0.25, 0.3) is 0 Å². The zero-order valence-electron chi connectivity index (χ0n) is 11.3. The van der Waals surface area contributed by atoms with Crippen molar-refractivity contribution in [3.8, 4) is 0 Å². The second-order valence-corrected chi connectivity index (χ2v) is 10.1. The van der Waals surface area contributed by atoms with Gasteiger partial charge in [0.15, 0.2) is 0 Å². The van der Waals surface area contributed by atoms with E-state index in [1.165, 1.54) is 5.56 Å². The second kappa shape index (κ2) is 4.32. The van der Waals surface area contributed by atoms with E-state index in [-0.39, 0.29) is 5.04 Å². The van der Waals surface area contributed by atoms with Crippen LogP contribution in [0, 0.1) is 0 Å². The number of benzene rings is 1. The van der Waals surface area contributed by atoms with E-state index in [9.17, 15) is 4.11 Å². The lowest BCUT2D eigenvalue weighted by Gasteiger charge is -2.32. The van der Waals surface area contributed by atoms with Gasteiger partial charge in [0.1, 0.15) is 0 Å². The third-order valence-electron chi connectivity index (χ3n) is 3.53. The maximum Gasteiger partial charge on any atom is 0.279 e. The van der Waals surface area contributed by atoms with Crippen molar-refractivity contribution in [1.82, 2.24) is 0 Å². The summed E-state index contributed by atoms with van der Waals surface area (Å²) in [6.45, 7) is 12.1. The molecule has 0 fully saturated rings. The monoisotopic (exact) mass is 238 g/mol. The average Bonchev–Trinajstić information content (AvgIpc) is 2.16. The molecule has 1 rings (SSSR count). The highest BCUT2D eigenvalue weighted by Gasteiger charge is 2.43. The molecule has 1 atom stereocenters. The molecular weight excluding hydrogens is 215 g/mol. The molecule has 0 aliphatic heterocycles. The zero-order valence-corrected chi connectivity index (χ0v) is 12.3. The van der Waals surface area contributed by atoms with Crippen LogP contribution in [0.5, 0.6) is 0 Å². The average molecular weight is 238 g/mol. The van der Waals surface area contributed by atoms with E-state index in [1.807, 2.05) is 32.9 Å². The molecule has 2 heteroatoms. The minimum atomic E-state index is -2.84. The van der Waals surface area contributed by atoms with Crippen LogP contribution < -0.4 is 5.19 Å². The lowest BCUT2D eigenvalue weighted by Crippen LogP contribution is -2.48. The van der Waals surface area contributed by atoms with Crippen molar-refractivity contribution in [3.05, 3.63) is 29.8 Å². The van der Waals surface area contributed by atoms with Gasteiger partial charge >= 0.3 is 0 Å². The number of hydrogen-bond acceptors (Lipinski definition) is 0. The van der Waals surface area contributed by atoms with Crippen molar-refractivity contribution in [1.29, 1.82) is 0 Å². The Labute approximate surface area is 100 Å². The van der Waals surface area contributed by atoms with Crippen LogP contribution in [-0.4, -0.2) is 8.41 Å². The fraction of sp³-hybridized carbons (Fsp3) is 0.571. The fourth-order valence-electron chi connectivity index (χ4n) is 1.61. The van der Waals surface area contributed by atoms with Crippen LogP contribution in [0.2, 0.25) is 11.6 Å². The Morgan fingerprint density at radius 2 is 1.50 bits per heavy atom. The number of hydrogen-bond donors (Lipinski definition) is 0. The van der Waals surface area contributed by atoms with Gasteiger partial charge in [-0.25, -0.2) is 0 Å². The molecule has 16 heavy (non-hydrogen) atoms. The first-order chi connectivity index (χ1) is 7.16. The van der Waals surface area contributed by atoms with Gasteiger partial charge in [0.05, 0.1) is 0 Å². The fourth-order valence-corrected chi connectivity index (χ4v) is 3.27. The highest BCUT2D eigenvalue weighted by Crippen LogP contribution is 2.36. The number of halogens is 1. The Hall–Kier alpha value is -0.633. The van der Waals surface area contributed by atoms with Crippen molar-refractivity contribution in [3.63, 3.8) is 0 Å². The van der Waals surface area contributed by atoms with Crippen LogP contribution in [-0.2, 0) is 0 Å². The van der Waals surface area contributed by atoms with E-state index in [0.29, 0.717) is 5.92 Å². The van der Waals surface area contributed by atoms with Gasteiger partial charge in [-0.1, -0.05) is 58.9 Å². The molecule has 0 nitrogen and oxygen atoms in total. The van der Waals surface area contributed by atoms with Gasteiger partial charge in [0.2, 0.25) is 0 Å². The summed E-state index contributed by atoms with van der Waals surface area (Å²) in [4.78, 5) is 0. The van der Waals surface area contributed by atoms with Crippen LogP contribution in [0.1, 0.15) is 46.1 Å². The summed E-state index contributed by atoms with van der Waals surface area (Å²) >= 11 is 0. The molecule has 0 radical (unpaired) electrons. The zero-order chi connectivity index (χ0) is 12.6. The summed E-state index contributed by atoms with van der Waals surface area (Å²) in [7, 11) is -2.84. The molecule has 0 amide bonds. The predicted octanol–water partition coefficient (Wildman–Crippen LogP) is 4.36. The summed E-state index contributed by atoms with van der Waals surface area (Å²) in [5.41, 5.74) is 1.28. The van der Waals surface area contributed by atoms with Gasteiger partial charge in [0, 0.05) is 0 Å². The van der Waals surface area contributed by atoms with E-state index in [2.05, 4.69) is 26.0 Å². The lowest BCUT2D eigenvalue weighted by atomic mass is 10.0. The largest absolute Gasteiger partial charge is 0.308 e. The summed E-state index contributed by atoms with van der Waals surface area (Å²) in [5.74, 6) is 0.510. The molecule has 0 aliphatic rings. The van der Waals surface area contributed by atoms with Crippen molar-refractivity contribution in [2.24, 2.45) is 0 Å². The van der Waals surface area contributed by atoms with Gasteiger partial charge < -0.3 is 4.11 Å². The minimum Gasteiger partial charge on any atom is -0.308 e. The van der Waals surface area contributed by atoms with E-state index >= 15 is 0 Å². The Kier molecular flexibility index (Phi) is 3.63.